The molecule has 278 valence electrons. The van der Waals surface area contributed by atoms with Crippen LogP contribution in [0.1, 0.15) is 35.6 Å². The van der Waals surface area contributed by atoms with Gasteiger partial charge in [-0.3, -0.25) is 19.9 Å². The van der Waals surface area contributed by atoms with Crippen LogP contribution in [0.4, 0.5) is 20.4 Å². The van der Waals surface area contributed by atoms with Crippen LogP contribution in [0, 0.1) is 0 Å². The molecular weight excluding hydrogens is 705 g/mol. The summed E-state index contributed by atoms with van der Waals surface area (Å²) >= 11 is 1.39. The van der Waals surface area contributed by atoms with Crippen LogP contribution >= 0.6 is 11.3 Å². The molecule has 0 radical (unpaired) electrons. The number of amides is 5. The van der Waals surface area contributed by atoms with Gasteiger partial charge in [-0.05, 0) is 46.9 Å². The van der Waals surface area contributed by atoms with Crippen molar-refractivity contribution in [2.75, 3.05) is 30.7 Å². The lowest BCUT2D eigenvalue weighted by molar-refractivity contribution is -0.157. The predicted molar refractivity (Wildman–Crippen MR) is 207 cm³/mol. The Kier molecular flexibility index (Phi) is 11.0. The molecule has 2 aliphatic heterocycles. The number of anilines is 2. The van der Waals surface area contributed by atoms with E-state index in [1.807, 2.05) is 97.9 Å². The van der Waals surface area contributed by atoms with Crippen molar-refractivity contribution in [2.24, 2.45) is 0 Å². The number of carbonyl (C=O) groups is 4. The minimum Gasteiger partial charge on any atom is -0.444 e. The van der Waals surface area contributed by atoms with E-state index in [9.17, 15) is 19.2 Å². The molecule has 0 saturated carbocycles. The highest BCUT2D eigenvalue weighted by Crippen LogP contribution is 2.32. The van der Waals surface area contributed by atoms with Crippen molar-refractivity contribution in [3.05, 3.63) is 125 Å². The van der Waals surface area contributed by atoms with Gasteiger partial charge in [0.2, 0.25) is 11.8 Å². The number of hydrogen-bond acceptors (Lipinski definition) is 9. The molecule has 2 aliphatic rings. The average Bonchev–Trinajstić information content (AvgIpc) is 3.73. The van der Waals surface area contributed by atoms with Crippen molar-refractivity contribution >= 4 is 56.3 Å². The fraction of sp³-hybridized carbons (Fsp3) is 0.275. The lowest BCUT2D eigenvalue weighted by atomic mass is 9.99. The SMILES string of the molecule is CCCN(C(=O)NCc1ccccc1)N1CC(=O)N2[C@@H](Cc3ccc(NC(=O)OCc4ccccc4)cc3)C(=O)N(Cc3cccc4sc(N)nc34)C[C@@H]21. The van der Waals surface area contributed by atoms with E-state index in [0.717, 1.165) is 32.5 Å². The zero-order valence-electron chi connectivity index (χ0n) is 29.9. The molecule has 2 atom stereocenters. The maximum Gasteiger partial charge on any atom is 0.411 e. The van der Waals surface area contributed by atoms with E-state index in [2.05, 4.69) is 15.6 Å². The number of hydrogen-bond donors (Lipinski definition) is 3. The van der Waals surface area contributed by atoms with Crippen molar-refractivity contribution in [1.82, 2.24) is 30.1 Å². The Bertz CT molecular complexity index is 2110. The van der Waals surface area contributed by atoms with Gasteiger partial charge in [0, 0.05) is 31.7 Å². The third-order valence-corrected chi connectivity index (χ3v) is 10.4. The number of piperazine rings is 1. The Morgan fingerprint density at radius 3 is 2.37 bits per heavy atom. The van der Waals surface area contributed by atoms with Gasteiger partial charge in [0.15, 0.2) is 5.13 Å². The predicted octanol–water partition coefficient (Wildman–Crippen LogP) is 5.59. The Balaban J connectivity index is 1.12. The van der Waals surface area contributed by atoms with E-state index >= 15 is 0 Å². The van der Waals surface area contributed by atoms with Gasteiger partial charge in [-0.15, -0.1) is 0 Å². The summed E-state index contributed by atoms with van der Waals surface area (Å²) in [6, 6.07) is 30.8. The van der Waals surface area contributed by atoms with Crippen molar-refractivity contribution < 1.29 is 23.9 Å². The highest BCUT2D eigenvalue weighted by Gasteiger charge is 2.52. The molecule has 0 unspecified atom stereocenters. The monoisotopic (exact) mass is 746 g/mol. The second-order valence-corrected chi connectivity index (χ2v) is 14.3. The van der Waals surface area contributed by atoms with Gasteiger partial charge in [-0.2, -0.15) is 5.01 Å². The van der Waals surface area contributed by atoms with Crippen LogP contribution in [0.5, 0.6) is 0 Å². The molecule has 2 fully saturated rings. The first kappa shape index (κ1) is 36.4. The number of nitrogen functional groups attached to an aromatic ring is 1. The number of ether oxygens (including phenoxy) is 1. The summed E-state index contributed by atoms with van der Waals surface area (Å²) in [6.07, 6.45) is -0.285. The zero-order valence-corrected chi connectivity index (χ0v) is 30.7. The van der Waals surface area contributed by atoms with Gasteiger partial charge in [0.05, 0.1) is 23.3 Å². The number of benzene rings is 4. The fourth-order valence-corrected chi connectivity index (χ4v) is 7.78. The van der Waals surface area contributed by atoms with E-state index in [4.69, 9.17) is 10.5 Å². The van der Waals surface area contributed by atoms with E-state index in [1.165, 1.54) is 11.3 Å². The van der Waals surface area contributed by atoms with E-state index < -0.39 is 18.3 Å². The number of para-hydroxylation sites is 1. The van der Waals surface area contributed by atoms with Crippen LogP contribution in [0.3, 0.4) is 0 Å². The summed E-state index contributed by atoms with van der Waals surface area (Å²) in [5.41, 5.74) is 10.8. The van der Waals surface area contributed by atoms with E-state index in [1.54, 1.807) is 32.0 Å². The second kappa shape index (κ2) is 16.4. The second-order valence-electron chi connectivity index (χ2n) is 13.3. The summed E-state index contributed by atoms with van der Waals surface area (Å²) in [6.45, 7) is 3.24. The third-order valence-electron chi connectivity index (χ3n) is 9.56. The Labute approximate surface area is 317 Å². The first-order valence-corrected chi connectivity index (χ1v) is 18.8. The first-order chi connectivity index (χ1) is 26.3. The number of thiazole rings is 1. The Hall–Kier alpha value is -5.99. The zero-order chi connectivity index (χ0) is 37.6. The van der Waals surface area contributed by atoms with Gasteiger partial charge in [0.1, 0.15) is 18.8 Å². The fourth-order valence-electron chi connectivity index (χ4n) is 6.99. The van der Waals surface area contributed by atoms with Crippen molar-refractivity contribution in [2.45, 2.75) is 51.7 Å². The molecule has 54 heavy (non-hydrogen) atoms. The van der Waals surface area contributed by atoms with Crippen LogP contribution in [0.2, 0.25) is 0 Å². The molecule has 14 heteroatoms. The Morgan fingerprint density at radius 1 is 0.926 bits per heavy atom. The number of nitrogens with one attached hydrogen (secondary N) is 2. The van der Waals surface area contributed by atoms with Crippen LogP contribution < -0.4 is 16.4 Å². The maximum atomic E-state index is 14.5. The molecule has 4 aromatic carbocycles. The lowest BCUT2D eigenvalue weighted by Crippen LogP contribution is -2.66. The van der Waals surface area contributed by atoms with E-state index in [-0.39, 0.29) is 50.5 Å². The number of carbonyl (C=O) groups excluding carboxylic acids is 4. The highest BCUT2D eigenvalue weighted by atomic mass is 32.1. The van der Waals surface area contributed by atoms with Crippen molar-refractivity contribution in [3.63, 3.8) is 0 Å². The largest absolute Gasteiger partial charge is 0.444 e. The Morgan fingerprint density at radius 2 is 1.65 bits per heavy atom. The molecule has 3 heterocycles. The summed E-state index contributed by atoms with van der Waals surface area (Å²) in [5.74, 6) is -0.437. The lowest BCUT2D eigenvalue weighted by Gasteiger charge is -2.46. The van der Waals surface area contributed by atoms with Gasteiger partial charge < -0.3 is 25.6 Å². The van der Waals surface area contributed by atoms with Gasteiger partial charge in [-0.1, -0.05) is 103 Å². The molecule has 0 bridgehead atoms. The first-order valence-electron chi connectivity index (χ1n) is 17.9. The number of fused-ring (bicyclic) bond motifs is 2. The van der Waals surface area contributed by atoms with Crippen LogP contribution in [0.15, 0.2) is 103 Å². The molecule has 5 aromatic rings. The molecule has 13 nitrogen and oxygen atoms in total. The summed E-state index contributed by atoms with van der Waals surface area (Å²) in [5, 5.41) is 9.61. The normalized spacial score (nSPS) is 17.1. The van der Waals surface area contributed by atoms with Crippen LogP contribution in [-0.2, 0) is 40.4 Å². The molecule has 4 N–H and O–H groups in total. The van der Waals surface area contributed by atoms with Gasteiger partial charge in [0.25, 0.3) is 0 Å². The quantitative estimate of drug-likeness (QED) is 0.150. The molecule has 7 rings (SSSR count). The minimum atomic E-state index is -0.841. The van der Waals surface area contributed by atoms with Crippen LogP contribution in [-0.4, -0.2) is 80.6 Å². The third kappa shape index (κ3) is 8.14. The number of aromatic nitrogens is 1. The van der Waals surface area contributed by atoms with Gasteiger partial charge in [-0.25, -0.2) is 14.6 Å². The number of nitrogens with two attached hydrogens (primary N) is 1. The highest BCUT2D eigenvalue weighted by molar-refractivity contribution is 7.22. The van der Waals surface area contributed by atoms with Crippen LogP contribution in [0.25, 0.3) is 10.2 Å². The maximum absolute atomic E-state index is 14.5. The van der Waals surface area contributed by atoms with Gasteiger partial charge >= 0.3 is 12.1 Å². The summed E-state index contributed by atoms with van der Waals surface area (Å²) < 4.78 is 6.28. The number of nitrogens with zero attached hydrogens (tertiary/aromatic N) is 5. The van der Waals surface area contributed by atoms with E-state index in [0.29, 0.717) is 30.3 Å². The molecule has 2 saturated heterocycles. The average molecular weight is 747 g/mol. The minimum absolute atomic E-state index is 0.0484. The molecule has 0 aliphatic carbocycles. The standard InChI is InChI=1S/C40H42N8O5S/c1-2-20-46(39(51)42-22-28-10-5-3-6-11-28)47-25-35(49)48-32(21-27-16-18-31(19-17-27)43-40(52)53-26-29-12-7-4-8-13-29)37(50)45(24-34(47)48)23-30-14-9-15-33-36(30)44-38(41)54-33/h3-19,32,34H,2,20-26H2,1H3,(H2,41,44)(H,42,51)(H,43,52)/t32-,34+/m0/s1. The van der Waals surface area contributed by atoms with Crippen molar-refractivity contribution in [1.29, 1.82) is 0 Å². The van der Waals surface area contributed by atoms with Crippen molar-refractivity contribution in [3.8, 4) is 0 Å². The molecule has 0 spiro atoms. The molecule has 5 amide bonds. The number of rotatable bonds is 12. The number of hydrazine groups is 1. The molecule has 1 aromatic heterocycles. The smallest absolute Gasteiger partial charge is 0.411 e. The number of urea groups is 1. The topological polar surface area (TPSA) is 153 Å². The summed E-state index contributed by atoms with van der Waals surface area (Å²) in [4.78, 5) is 62.6. The molecular formula is C40H42N8O5S. The summed E-state index contributed by atoms with van der Waals surface area (Å²) in [7, 11) is 0.